The van der Waals surface area contributed by atoms with Crippen LogP contribution in [-0.2, 0) is 4.79 Å². The third kappa shape index (κ3) is 2.82. The average Bonchev–Trinajstić information content (AvgIpc) is 2.96. The summed E-state index contributed by atoms with van der Waals surface area (Å²) < 4.78 is 5.38. The zero-order valence-corrected chi connectivity index (χ0v) is 10.4. The number of carboxylic acids is 1. The van der Waals surface area contributed by atoms with Crippen molar-refractivity contribution in [2.24, 2.45) is 0 Å². The van der Waals surface area contributed by atoms with Crippen molar-refractivity contribution in [3.63, 3.8) is 0 Å². The number of carbonyl (C=O) groups is 2. The Morgan fingerprint density at radius 3 is 2.79 bits per heavy atom. The molecule has 0 aliphatic rings. The minimum absolute atomic E-state index is 0.108. The minimum atomic E-state index is -1.11. The molecule has 2 aromatic heterocycles. The highest BCUT2D eigenvalue weighted by atomic mass is 16.4. The smallest absolute Gasteiger partial charge is 0.325 e. The first-order valence-corrected chi connectivity index (χ1v) is 5.63. The van der Waals surface area contributed by atoms with Gasteiger partial charge in [0.1, 0.15) is 17.5 Å². The van der Waals surface area contributed by atoms with Crippen LogP contribution < -0.4 is 5.32 Å². The van der Waals surface area contributed by atoms with Crippen LogP contribution in [0, 0.1) is 6.92 Å². The Balaban J connectivity index is 2.13. The lowest BCUT2D eigenvalue weighted by molar-refractivity contribution is -0.138. The Labute approximate surface area is 108 Å². The summed E-state index contributed by atoms with van der Waals surface area (Å²) in [5, 5.41) is 17.5. The maximum atomic E-state index is 11.7. The van der Waals surface area contributed by atoms with E-state index in [-0.39, 0.29) is 5.69 Å². The molecule has 0 aliphatic heterocycles. The zero-order valence-electron chi connectivity index (χ0n) is 10.4. The molecule has 0 radical (unpaired) electrons. The quantitative estimate of drug-likeness (QED) is 0.767. The second-order valence-electron chi connectivity index (χ2n) is 4.11. The van der Waals surface area contributed by atoms with E-state index in [1.807, 2.05) is 6.92 Å². The van der Waals surface area contributed by atoms with E-state index < -0.39 is 17.9 Å². The first-order chi connectivity index (χ1) is 8.97. The predicted octanol–water partition coefficient (Wildman–Crippen LogP) is 1.18. The molecule has 0 saturated carbocycles. The second kappa shape index (κ2) is 4.97. The lowest BCUT2D eigenvalue weighted by Gasteiger charge is -2.06. The van der Waals surface area contributed by atoms with Gasteiger partial charge in [-0.3, -0.25) is 14.7 Å². The number of hydrogen-bond acceptors (Lipinski definition) is 4. The number of rotatable bonds is 4. The Morgan fingerprint density at radius 1 is 1.47 bits per heavy atom. The molecule has 0 spiro atoms. The van der Waals surface area contributed by atoms with Crippen molar-refractivity contribution in [3.8, 4) is 11.5 Å². The summed E-state index contributed by atoms with van der Waals surface area (Å²) in [5.41, 5.74) is 0.665. The molecule has 0 aromatic carbocycles. The summed E-state index contributed by atoms with van der Waals surface area (Å²) in [4.78, 5) is 22.4. The monoisotopic (exact) mass is 263 g/mol. The number of amides is 1. The van der Waals surface area contributed by atoms with Gasteiger partial charge in [-0.05, 0) is 26.0 Å². The number of furan rings is 1. The van der Waals surface area contributed by atoms with Crippen LogP contribution in [0.4, 0.5) is 0 Å². The Bertz CT molecular complexity index is 614. The summed E-state index contributed by atoms with van der Waals surface area (Å²) in [5.74, 6) is -0.350. The van der Waals surface area contributed by atoms with Crippen molar-refractivity contribution < 1.29 is 19.1 Å². The molecule has 7 heteroatoms. The van der Waals surface area contributed by atoms with Gasteiger partial charge in [0, 0.05) is 6.07 Å². The van der Waals surface area contributed by atoms with Crippen molar-refractivity contribution in [2.45, 2.75) is 19.9 Å². The van der Waals surface area contributed by atoms with Crippen LogP contribution in [-0.4, -0.2) is 33.2 Å². The largest absolute Gasteiger partial charge is 0.480 e. The van der Waals surface area contributed by atoms with Gasteiger partial charge in [-0.15, -0.1) is 0 Å². The number of hydrogen-bond donors (Lipinski definition) is 3. The lowest BCUT2D eigenvalue weighted by Crippen LogP contribution is -2.38. The van der Waals surface area contributed by atoms with Crippen LogP contribution >= 0.6 is 0 Å². The normalized spacial score (nSPS) is 12.1. The molecular weight excluding hydrogens is 250 g/mol. The van der Waals surface area contributed by atoms with E-state index in [9.17, 15) is 9.59 Å². The number of H-pyrrole nitrogens is 1. The van der Waals surface area contributed by atoms with E-state index in [2.05, 4.69) is 15.5 Å². The lowest BCUT2D eigenvalue weighted by atomic mass is 10.2. The Morgan fingerprint density at radius 2 is 2.21 bits per heavy atom. The van der Waals surface area contributed by atoms with Crippen molar-refractivity contribution in [3.05, 3.63) is 29.7 Å². The van der Waals surface area contributed by atoms with Crippen molar-refractivity contribution in [2.75, 3.05) is 0 Å². The molecule has 2 aromatic rings. The SMILES string of the molecule is Cc1ccc(-c2cc(C(=O)NC(C)C(=O)O)n[nH]2)o1. The molecule has 0 fully saturated rings. The van der Waals surface area contributed by atoms with E-state index in [0.29, 0.717) is 11.5 Å². The first kappa shape index (κ1) is 12.9. The minimum Gasteiger partial charge on any atom is -0.480 e. The fourth-order valence-corrected chi connectivity index (χ4v) is 1.48. The van der Waals surface area contributed by atoms with Crippen LogP contribution in [0.15, 0.2) is 22.6 Å². The second-order valence-corrected chi connectivity index (χ2v) is 4.11. The fraction of sp³-hybridized carbons (Fsp3) is 0.250. The molecule has 100 valence electrons. The number of carbonyl (C=O) groups excluding carboxylic acids is 1. The first-order valence-electron chi connectivity index (χ1n) is 5.63. The molecule has 3 N–H and O–H groups in total. The molecule has 1 unspecified atom stereocenters. The van der Waals surface area contributed by atoms with Gasteiger partial charge >= 0.3 is 5.97 Å². The average molecular weight is 263 g/mol. The van der Waals surface area contributed by atoms with Crippen LogP contribution in [0.25, 0.3) is 11.5 Å². The van der Waals surface area contributed by atoms with E-state index >= 15 is 0 Å². The molecule has 0 bridgehead atoms. The van der Waals surface area contributed by atoms with E-state index in [1.54, 1.807) is 12.1 Å². The Hall–Kier alpha value is -2.57. The standard InChI is InChI=1S/C12H13N3O4/c1-6-3-4-10(19-6)8-5-9(15-14-8)11(16)13-7(2)12(17)18/h3-5,7H,1-2H3,(H,13,16)(H,14,15)(H,17,18). The molecule has 1 amide bonds. The number of nitrogens with one attached hydrogen (secondary N) is 2. The highest BCUT2D eigenvalue weighted by Gasteiger charge is 2.18. The highest BCUT2D eigenvalue weighted by molar-refractivity contribution is 5.95. The van der Waals surface area contributed by atoms with Gasteiger partial charge in [-0.2, -0.15) is 5.10 Å². The number of carboxylic acid groups (broad SMARTS) is 1. The van der Waals surface area contributed by atoms with E-state index in [4.69, 9.17) is 9.52 Å². The number of aryl methyl sites for hydroxylation is 1. The summed E-state index contributed by atoms with van der Waals surface area (Å²) in [6.07, 6.45) is 0. The van der Waals surface area contributed by atoms with Crippen LogP contribution in [0.3, 0.4) is 0 Å². The van der Waals surface area contributed by atoms with E-state index in [1.165, 1.54) is 13.0 Å². The molecular formula is C12H13N3O4. The molecule has 7 nitrogen and oxygen atoms in total. The van der Waals surface area contributed by atoms with Crippen LogP contribution in [0.1, 0.15) is 23.2 Å². The summed E-state index contributed by atoms with van der Waals surface area (Å²) in [6, 6.07) is 4.08. The number of aromatic amines is 1. The van der Waals surface area contributed by atoms with Crippen molar-refractivity contribution >= 4 is 11.9 Å². The maximum Gasteiger partial charge on any atom is 0.325 e. The molecule has 2 heterocycles. The Kier molecular flexibility index (Phi) is 3.37. The third-order valence-corrected chi connectivity index (χ3v) is 2.53. The van der Waals surface area contributed by atoms with E-state index in [0.717, 1.165) is 5.76 Å². The van der Waals surface area contributed by atoms with Crippen molar-refractivity contribution in [1.82, 2.24) is 15.5 Å². The van der Waals surface area contributed by atoms with Crippen LogP contribution in [0.2, 0.25) is 0 Å². The van der Waals surface area contributed by atoms with Gasteiger partial charge in [0.25, 0.3) is 5.91 Å². The van der Waals surface area contributed by atoms with Crippen molar-refractivity contribution in [1.29, 1.82) is 0 Å². The predicted molar refractivity (Wildman–Crippen MR) is 65.6 cm³/mol. The highest BCUT2D eigenvalue weighted by Crippen LogP contribution is 2.20. The van der Waals surface area contributed by atoms with Gasteiger partial charge in [0.2, 0.25) is 0 Å². The third-order valence-electron chi connectivity index (χ3n) is 2.53. The van der Waals surface area contributed by atoms with Gasteiger partial charge < -0.3 is 14.8 Å². The summed E-state index contributed by atoms with van der Waals surface area (Å²) in [7, 11) is 0. The zero-order chi connectivity index (χ0) is 14.0. The van der Waals surface area contributed by atoms with Gasteiger partial charge in [0.05, 0.1) is 0 Å². The van der Waals surface area contributed by atoms with Gasteiger partial charge in [0.15, 0.2) is 11.5 Å². The maximum absolute atomic E-state index is 11.7. The molecule has 0 aliphatic carbocycles. The molecule has 2 rings (SSSR count). The fourth-order valence-electron chi connectivity index (χ4n) is 1.48. The van der Waals surface area contributed by atoms with Crippen LogP contribution in [0.5, 0.6) is 0 Å². The van der Waals surface area contributed by atoms with Gasteiger partial charge in [-0.1, -0.05) is 0 Å². The summed E-state index contributed by atoms with van der Waals surface area (Å²) in [6.45, 7) is 3.19. The summed E-state index contributed by atoms with van der Waals surface area (Å²) >= 11 is 0. The molecule has 1 atom stereocenters. The number of aromatic nitrogens is 2. The molecule has 19 heavy (non-hydrogen) atoms. The molecule has 0 saturated heterocycles. The number of aliphatic carboxylic acids is 1. The topological polar surface area (TPSA) is 108 Å². The number of nitrogens with zero attached hydrogens (tertiary/aromatic N) is 1. The van der Waals surface area contributed by atoms with Gasteiger partial charge in [-0.25, -0.2) is 0 Å².